The quantitative estimate of drug-likeness (QED) is 0.659. The highest BCUT2D eigenvalue weighted by Gasteiger charge is 2.50. The molecule has 0 N–H and O–H groups in total. The van der Waals surface area contributed by atoms with E-state index < -0.39 is 0 Å². The van der Waals surface area contributed by atoms with Crippen LogP contribution in [0.1, 0.15) is 18.9 Å². The van der Waals surface area contributed by atoms with E-state index in [0.717, 1.165) is 13.0 Å². The molecule has 1 aromatic rings. The fraction of sp³-hybridized carbons (Fsp3) is 0.538. The molecule has 16 heavy (non-hydrogen) atoms. The summed E-state index contributed by atoms with van der Waals surface area (Å²) in [6.07, 6.45) is 1.25. The van der Waals surface area contributed by atoms with Gasteiger partial charge >= 0.3 is 0 Å². The molecule has 1 saturated heterocycles. The van der Waals surface area contributed by atoms with Crippen LogP contribution >= 0.6 is 0 Å². The molecule has 0 spiro atoms. The summed E-state index contributed by atoms with van der Waals surface area (Å²) in [5.41, 5.74) is 2.76. The fourth-order valence-electron chi connectivity index (χ4n) is 2.93. The average molecular weight is 217 g/mol. The van der Waals surface area contributed by atoms with Crippen molar-refractivity contribution < 1.29 is 4.84 Å². The molecule has 2 heterocycles. The lowest BCUT2D eigenvalue weighted by molar-refractivity contribution is -0.226. The number of hydrogen-bond acceptors (Lipinski definition) is 3. The van der Waals surface area contributed by atoms with Gasteiger partial charge in [-0.3, -0.25) is 4.84 Å². The Labute approximate surface area is 96.6 Å². The first-order valence-electron chi connectivity index (χ1n) is 5.74. The molecule has 1 aromatic carbocycles. The van der Waals surface area contributed by atoms with Gasteiger partial charge in [-0.15, -0.1) is 0 Å². The van der Waals surface area contributed by atoms with Crippen LogP contribution in [0.25, 0.3) is 0 Å². The Bertz CT molecular complexity index is 420. The molecule has 0 aliphatic carbocycles. The minimum absolute atomic E-state index is 0.106. The van der Waals surface area contributed by atoms with E-state index in [1.54, 1.807) is 0 Å². The van der Waals surface area contributed by atoms with Crippen molar-refractivity contribution in [1.29, 1.82) is 0 Å². The second-order valence-corrected chi connectivity index (χ2v) is 5.03. The Morgan fingerprint density at radius 1 is 1.50 bits per heavy atom. The highest BCUT2D eigenvalue weighted by molar-refractivity contribution is 5.62. The average Bonchev–Trinajstić information content (AvgIpc) is 2.52. The molecule has 3 heteroatoms. The molecule has 2 atom stereocenters. The van der Waals surface area contributed by atoms with E-state index in [-0.39, 0.29) is 11.6 Å². The van der Waals surface area contributed by atoms with Gasteiger partial charge in [0.1, 0.15) is 0 Å². The number of rotatable bonds is 0. The van der Waals surface area contributed by atoms with Crippen molar-refractivity contribution in [2.45, 2.75) is 25.0 Å². The molecular formula is C13H17N2O. The first-order valence-corrected chi connectivity index (χ1v) is 5.74. The van der Waals surface area contributed by atoms with Crippen LogP contribution in [0.3, 0.4) is 0 Å². The lowest BCUT2D eigenvalue weighted by Gasteiger charge is -2.42. The van der Waals surface area contributed by atoms with Crippen LogP contribution in [0.4, 0.5) is 5.69 Å². The van der Waals surface area contributed by atoms with Gasteiger partial charge in [0.2, 0.25) is 0 Å². The van der Waals surface area contributed by atoms with Crippen molar-refractivity contribution in [3.63, 3.8) is 0 Å². The van der Waals surface area contributed by atoms with Crippen LogP contribution in [0.15, 0.2) is 18.2 Å². The number of hydrogen-bond donors (Lipinski definition) is 0. The summed E-state index contributed by atoms with van der Waals surface area (Å²) in [5, 5.41) is 1.94. The molecule has 2 aliphatic rings. The topological polar surface area (TPSA) is 15.7 Å². The molecule has 0 saturated carbocycles. The number of hydroxylamine groups is 2. The minimum Gasteiger partial charge on any atom is -0.347 e. The van der Waals surface area contributed by atoms with Crippen LogP contribution < -0.4 is 4.90 Å². The number of anilines is 1. The SMILES string of the molecule is CN1CCC2(C)c3c[c]ccc3N(C)C2O1. The molecule has 3 rings (SSSR count). The zero-order valence-electron chi connectivity index (χ0n) is 10.0. The van der Waals surface area contributed by atoms with Gasteiger partial charge in [0.15, 0.2) is 6.23 Å². The van der Waals surface area contributed by atoms with E-state index in [9.17, 15) is 0 Å². The molecular weight excluding hydrogens is 200 g/mol. The highest BCUT2D eigenvalue weighted by Crippen LogP contribution is 2.48. The Morgan fingerprint density at radius 3 is 3.12 bits per heavy atom. The van der Waals surface area contributed by atoms with Crippen LogP contribution in [0.5, 0.6) is 0 Å². The second kappa shape index (κ2) is 3.22. The third kappa shape index (κ3) is 1.16. The van der Waals surface area contributed by atoms with Gasteiger partial charge in [0.25, 0.3) is 0 Å². The Kier molecular flexibility index (Phi) is 2.03. The maximum Gasteiger partial charge on any atom is 0.160 e. The van der Waals surface area contributed by atoms with E-state index in [4.69, 9.17) is 4.84 Å². The number of benzene rings is 1. The van der Waals surface area contributed by atoms with Crippen LogP contribution in [0.2, 0.25) is 0 Å². The van der Waals surface area contributed by atoms with Crippen LogP contribution in [-0.4, -0.2) is 31.9 Å². The molecule has 0 aromatic heterocycles. The summed E-state index contributed by atoms with van der Waals surface area (Å²) in [5.74, 6) is 0. The summed E-state index contributed by atoms with van der Waals surface area (Å²) in [7, 11) is 4.11. The van der Waals surface area contributed by atoms with E-state index >= 15 is 0 Å². The molecule has 3 nitrogen and oxygen atoms in total. The zero-order chi connectivity index (χ0) is 11.3. The summed E-state index contributed by atoms with van der Waals surface area (Å²) in [6.45, 7) is 3.27. The van der Waals surface area contributed by atoms with Crippen LogP contribution in [-0.2, 0) is 10.3 Å². The van der Waals surface area contributed by atoms with Crippen LogP contribution in [0, 0.1) is 6.07 Å². The van der Waals surface area contributed by atoms with Gasteiger partial charge in [-0.25, -0.2) is 0 Å². The van der Waals surface area contributed by atoms with Gasteiger partial charge in [-0.1, -0.05) is 13.0 Å². The highest BCUT2D eigenvalue weighted by atomic mass is 16.7. The van der Waals surface area contributed by atoms with E-state index in [0.29, 0.717) is 0 Å². The maximum absolute atomic E-state index is 5.95. The molecule has 0 bridgehead atoms. The van der Waals surface area contributed by atoms with Gasteiger partial charge in [0.05, 0.1) is 0 Å². The Balaban J connectivity index is 2.10. The molecule has 2 aliphatic heterocycles. The predicted octanol–water partition coefficient (Wildman–Crippen LogP) is 1.79. The van der Waals surface area contributed by atoms with Gasteiger partial charge < -0.3 is 4.90 Å². The summed E-state index contributed by atoms with van der Waals surface area (Å²) in [6, 6.07) is 9.40. The maximum atomic E-state index is 5.95. The van der Waals surface area contributed by atoms with E-state index in [2.05, 4.69) is 37.1 Å². The zero-order valence-corrected chi connectivity index (χ0v) is 10.0. The van der Waals surface area contributed by atoms with Gasteiger partial charge in [0, 0.05) is 31.7 Å². The molecule has 2 unspecified atom stereocenters. The third-order valence-electron chi connectivity index (χ3n) is 3.96. The van der Waals surface area contributed by atoms with Crippen molar-refractivity contribution in [3.8, 4) is 0 Å². The molecule has 0 amide bonds. The summed E-state index contributed by atoms with van der Waals surface area (Å²) < 4.78 is 0. The van der Waals surface area contributed by atoms with Gasteiger partial charge in [-0.05, 0) is 30.2 Å². The van der Waals surface area contributed by atoms with E-state index in [1.807, 2.05) is 18.2 Å². The standard InChI is InChI=1S/C13H17N2O/c1-13-8-9-14(2)16-12(13)15(3)11-7-5-4-6-10(11)13/h5-7,12H,8-9H2,1-3H3. The molecule has 1 fully saturated rings. The Morgan fingerprint density at radius 2 is 2.31 bits per heavy atom. The monoisotopic (exact) mass is 217 g/mol. The van der Waals surface area contributed by atoms with Gasteiger partial charge in [-0.2, -0.15) is 5.06 Å². The van der Waals surface area contributed by atoms with Crippen molar-refractivity contribution in [3.05, 3.63) is 29.8 Å². The second-order valence-electron chi connectivity index (χ2n) is 5.03. The smallest absolute Gasteiger partial charge is 0.160 e. The minimum atomic E-state index is 0.106. The first kappa shape index (κ1) is 10.1. The Hall–Kier alpha value is -1.06. The lowest BCUT2D eigenvalue weighted by Crippen LogP contribution is -2.52. The third-order valence-corrected chi connectivity index (χ3v) is 3.96. The summed E-state index contributed by atoms with van der Waals surface area (Å²) >= 11 is 0. The summed E-state index contributed by atoms with van der Waals surface area (Å²) in [4.78, 5) is 8.19. The number of likely N-dealkylation sites (N-methyl/N-ethyl adjacent to an activating group) is 1. The number of nitrogens with zero attached hydrogens (tertiary/aromatic N) is 2. The van der Waals surface area contributed by atoms with Crippen molar-refractivity contribution in [2.75, 3.05) is 25.5 Å². The molecule has 1 radical (unpaired) electrons. The fourth-order valence-corrected chi connectivity index (χ4v) is 2.93. The van der Waals surface area contributed by atoms with Crippen molar-refractivity contribution in [2.24, 2.45) is 0 Å². The number of fused-ring (bicyclic) bond motifs is 3. The van der Waals surface area contributed by atoms with Crippen molar-refractivity contribution in [1.82, 2.24) is 5.06 Å². The largest absolute Gasteiger partial charge is 0.347 e. The first-order chi connectivity index (χ1) is 7.63. The lowest BCUT2D eigenvalue weighted by atomic mass is 9.79. The normalized spacial score (nSPS) is 33.7. The van der Waals surface area contributed by atoms with Crippen molar-refractivity contribution >= 4 is 5.69 Å². The molecule has 85 valence electrons. The van der Waals surface area contributed by atoms with E-state index in [1.165, 1.54) is 11.3 Å². The predicted molar refractivity (Wildman–Crippen MR) is 63.2 cm³/mol.